The topological polar surface area (TPSA) is 68.3 Å². The number of hydrogen-bond acceptors (Lipinski definition) is 4. The molecule has 0 fully saturated rings. The lowest BCUT2D eigenvalue weighted by Crippen LogP contribution is -2.15. The van der Waals surface area contributed by atoms with Crippen LogP contribution in [-0.2, 0) is 16.2 Å². The summed E-state index contributed by atoms with van der Waals surface area (Å²) >= 11 is 0. The molecule has 2 aromatic rings. The van der Waals surface area contributed by atoms with E-state index in [9.17, 15) is 21.6 Å². The van der Waals surface area contributed by atoms with E-state index in [0.29, 0.717) is 6.07 Å². The average Bonchev–Trinajstić information content (AvgIpc) is 2.47. The zero-order chi connectivity index (χ0) is 16.4. The third-order valence-corrected chi connectivity index (χ3v) is 4.07. The van der Waals surface area contributed by atoms with Gasteiger partial charge < -0.3 is 4.74 Å². The molecule has 0 radical (unpaired) electrons. The molecule has 1 N–H and O–H groups in total. The van der Waals surface area contributed by atoms with Crippen LogP contribution in [0, 0.1) is 0 Å². The van der Waals surface area contributed by atoms with Gasteiger partial charge in [-0.3, -0.25) is 9.71 Å². The van der Waals surface area contributed by atoms with Crippen LogP contribution < -0.4 is 9.46 Å². The van der Waals surface area contributed by atoms with Crippen molar-refractivity contribution >= 4 is 15.7 Å². The van der Waals surface area contributed by atoms with Crippen LogP contribution in [0.1, 0.15) is 5.56 Å². The second kappa shape index (κ2) is 5.84. The van der Waals surface area contributed by atoms with Gasteiger partial charge in [-0.25, -0.2) is 8.42 Å². The molecule has 0 aliphatic rings. The van der Waals surface area contributed by atoms with E-state index in [1.165, 1.54) is 25.4 Å². The van der Waals surface area contributed by atoms with Gasteiger partial charge in [0, 0.05) is 12.4 Å². The van der Waals surface area contributed by atoms with E-state index in [0.717, 1.165) is 18.3 Å². The number of aromatic nitrogens is 1. The highest BCUT2D eigenvalue weighted by Crippen LogP contribution is 2.35. The number of ether oxygens (including phenoxy) is 1. The summed E-state index contributed by atoms with van der Waals surface area (Å²) in [6.07, 6.45) is -2.13. The van der Waals surface area contributed by atoms with Crippen LogP contribution in [0.3, 0.4) is 0 Å². The van der Waals surface area contributed by atoms with Crippen LogP contribution in [0.15, 0.2) is 47.6 Å². The van der Waals surface area contributed by atoms with Gasteiger partial charge in [0.1, 0.15) is 10.6 Å². The van der Waals surface area contributed by atoms with E-state index in [-0.39, 0.29) is 16.3 Å². The summed E-state index contributed by atoms with van der Waals surface area (Å²) in [5.74, 6) is -0.0273. The van der Waals surface area contributed by atoms with Crippen molar-refractivity contribution in [1.82, 2.24) is 4.98 Å². The zero-order valence-electron chi connectivity index (χ0n) is 11.3. The largest absolute Gasteiger partial charge is 0.495 e. The zero-order valence-corrected chi connectivity index (χ0v) is 12.1. The van der Waals surface area contributed by atoms with Crippen LogP contribution in [0.4, 0.5) is 18.9 Å². The summed E-state index contributed by atoms with van der Waals surface area (Å²) < 4.78 is 69.4. The summed E-state index contributed by atoms with van der Waals surface area (Å²) in [4.78, 5) is 3.49. The van der Waals surface area contributed by atoms with Crippen molar-refractivity contribution < 1.29 is 26.3 Å². The lowest BCUT2D eigenvalue weighted by molar-refractivity contribution is -0.137. The number of alkyl halides is 3. The summed E-state index contributed by atoms with van der Waals surface area (Å²) in [7, 11) is -2.84. The van der Waals surface area contributed by atoms with Gasteiger partial charge >= 0.3 is 6.18 Å². The normalized spacial score (nSPS) is 12.0. The molecular weight excluding hydrogens is 321 g/mol. The third-order valence-electron chi connectivity index (χ3n) is 2.72. The molecule has 0 aliphatic carbocycles. The quantitative estimate of drug-likeness (QED) is 0.935. The lowest BCUT2D eigenvalue weighted by atomic mass is 10.2. The maximum atomic E-state index is 12.7. The lowest BCUT2D eigenvalue weighted by Gasteiger charge is -2.14. The Morgan fingerprint density at radius 1 is 1.23 bits per heavy atom. The van der Waals surface area contributed by atoms with Crippen molar-refractivity contribution in [2.75, 3.05) is 11.8 Å². The first-order valence-electron chi connectivity index (χ1n) is 5.92. The number of benzene rings is 1. The average molecular weight is 332 g/mol. The maximum Gasteiger partial charge on any atom is 0.416 e. The predicted molar refractivity (Wildman–Crippen MR) is 73.0 cm³/mol. The molecule has 22 heavy (non-hydrogen) atoms. The van der Waals surface area contributed by atoms with Crippen LogP contribution in [0.2, 0.25) is 0 Å². The molecule has 118 valence electrons. The summed E-state index contributed by atoms with van der Waals surface area (Å²) in [5.41, 5.74) is -1.29. The van der Waals surface area contributed by atoms with E-state index in [2.05, 4.69) is 9.71 Å². The monoisotopic (exact) mass is 332 g/mol. The molecule has 0 atom stereocenters. The van der Waals surface area contributed by atoms with Crippen molar-refractivity contribution in [3.63, 3.8) is 0 Å². The van der Waals surface area contributed by atoms with E-state index < -0.39 is 21.8 Å². The Bertz CT molecular complexity index is 762. The van der Waals surface area contributed by atoms with Gasteiger partial charge in [0.05, 0.1) is 18.4 Å². The number of hydrogen-bond donors (Lipinski definition) is 1. The third kappa shape index (κ3) is 3.48. The Hall–Kier alpha value is -2.29. The van der Waals surface area contributed by atoms with Crippen LogP contribution >= 0.6 is 0 Å². The molecule has 0 bridgehead atoms. The van der Waals surface area contributed by atoms with Crippen LogP contribution in [-0.4, -0.2) is 20.5 Å². The van der Waals surface area contributed by atoms with E-state index in [1.807, 2.05) is 0 Å². The molecule has 0 saturated carbocycles. The molecule has 0 aliphatic heterocycles. The number of nitrogens with zero attached hydrogens (tertiary/aromatic N) is 1. The standard InChI is InChI=1S/C13H11F3N2O3S/c1-21-12-5-4-9(13(14,15)16)7-11(12)18-22(19,20)10-3-2-6-17-8-10/h2-8,18H,1H3. The molecule has 0 spiro atoms. The van der Waals surface area contributed by atoms with Crippen LogP contribution in [0.25, 0.3) is 0 Å². The van der Waals surface area contributed by atoms with Gasteiger partial charge in [-0.2, -0.15) is 13.2 Å². The molecule has 1 heterocycles. The minimum absolute atomic E-state index is 0.0273. The van der Waals surface area contributed by atoms with E-state index in [1.54, 1.807) is 0 Å². The van der Waals surface area contributed by atoms with Gasteiger partial charge in [0.25, 0.3) is 10.0 Å². The molecule has 1 aromatic heterocycles. The summed E-state index contributed by atoms with van der Waals surface area (Å²) in [5, 5.41) is 0. The first kappa shape index (κ1) is 16.1. The predicted octanol–water partition coefficient (Wildman–Crippen LogP) is 2.91. The van der Waals surface area contributed by atoms with E-state index in [4.69, 9.17) is 4.74 Å². The number of sulfonamides is 1. The first-order valence-corrected chi connectivity index (χ1v) is 7.40. The van der Waals surface area contributed by atoms with Gasteiger partial charge in [0.2, 0.25) is 0 Å². The first-order chi connectivity index (χ1) is 10.2. The van der Waals surface area contributed by atoms with Crippen molar-refractivity contribution in [3.8, 4) is 5.75 Å². The molecule has 0 saturated heterocycles. The molecule has 2 rings (SSSR count). The number of methoxy groups -OCH3 is 1. The Balaban J connectivity index is 2.44. The molecule has 1 aromatic carbocycles. The SMILES string of the molecule is COc1ccc(C(F)(F)F)cc1NS(=O)(=O)c1cccnc1. The fourth-order valence-corrected chi connectivity index (χ4v) is 2.70. The Labute approximate surface area is 124 Å². The summed E-state index contributed by atoms with van der Waals surface area (Å²) in [6.45, 7) is 0. The second-order valence-electron chi connectivity index (χ2n) is 4.21. The maximum absolute atomic E-state index is 12.7. The van der Waals surface area contributed by atoms with Crippen molar-refractivity contribution in [2.45, 2.75) is 11.1 Å². The molecule has 0 unspecified atom stereocenters. The van der Waals surface area contributed by atoms with Gasteiger partial charge in [0.15, 0.2) is 0 Å². The molecule has 5 nitrogen and oxygen atoms in total. The Kier molecular flexibility index (Phi) is 4.27. The number of nitrogens with one attached hydrogen (secondary N) is 1. The van der Waals surface area contributed by atoms with Crippen molar-refractivity contribution in [1.29, 1.82) is 0 Å². The van der Waals surface area contributed by atoms with Crippen LogP contribution in [0.5, 0.6) is 5.75 Å². The highest BCUT2D eigenvalue weighted by atomic mass is 32.2. The summed E-state index contributed by atoms with van der Waals surface area (Å²) in [6, 6.07) is 5.20. The Morgan fingerprint density at radius 2 is 1.95 bits per heavy atom. The fourth-order valence-electron chi connectivity index (χ4n) is 1.67. The van der Waals surface area contributed by atoms with Gasteiger partial charge in [-0.1, -0.05) is 0 Å². The van der Waals surface area contributed by atoms with Gasteiger partial charge in [-0.15, -0.1) is 0 Å². The van der Waals surface area contributed by atoms with Crippen molar-refractivity contribution in [3.05, 3.63) is 48.3 Å². The fraction of sp³-hybridized carbons (Fsp3) is 0.154. The highest BCUT2D eigenvalue weighted by molar-refractivity contribution is 7.92. The molecule has 9 heteroatoms. The molecule has 0 amide bonds. The minimum atomic E-state index is -4.60. The Morgan fingerprint density at radius 3 is 2.50 bits per heavy atom. The number of anilines is 1. The minimum Gasteiger partial charge on any atom is -0.495 e. The van der Waals surface area contributed by atoms with Gasteiger partial charge in [-0.05, 0) is 30.3 Å². The second-order valence-corrected chi connectivity index (χ2v) is 5.89. The van der Waals surface area contributed by atoms with Crippen molar-refractivity contribution in [2.24, 2.45) is 0 Å². The number of rotatable bonds is 4. The molecular formula is C13H11F3N2O3S. The number of halogens is 3. The number of pyridine rings is 1. The smallest absolute Gasteiger partial charge is 0.416 e. The highest BCUT2D eigenvalue weighted by Gasteiger charge is 2.31. The van der Waals surface area contributed by atoms with E-state index >= 15 is 0 Å².